The molecule has 1 atom stereocenters. The first-order valence-electron chi connectivity index (χ1n) is 8.12. The Morgan fingerprint density at radius 1 is 1.19 bits per heavy atom. The molecular formula is C18H18ClF2NO2S2. The van der Waals surface area contributed by atoms with E-state index in [2.05, 4.69) is 0 Å². The lowest BCUT2D eigenvalue weighted by Gasteiger charge is -2.21. The van der Waals surface area contributed by atoms with E-state index in [0.717, 1.165) is 12.1 Å². The van der Waals surface area contributed by atoms with Crippen LogP contribution >= 0.6 is 23.4 Å². The Hall–Kier alpha value is -1.15. The second-order valence-electron chi connectivity index (χ2n) is 6.08. The molecule has 1 fully saturated rings. The average molecular weight is 418 g/mol. The molecule has 0 aliphatic carbocycles. The third kappa shape index (κ3) is 3.91. The van der Waals surface area contributed by atoms with Gasteiger partial charge in [0.15, 0.2) is 0 Å². The third-order valence-electron chi connectivity index (χ3n) is 4.44. The maximum absolute atomic E-state index is 14.1. The summed E-state index contributed by atoms with van der Waals surface area (Å²) in [4.78, 5) is 0.186. The first-order valence-corrected chi connectivity index (χ1v) is 11.0. The first kappa shape index (κ1) is 19.6. The molecular weight excluding hydrogens is 400 g/mol. The second kappa shape index (κ2) is 7.84. The van der Waals surface area contributed by atoms with Gasteiger partial charge in [-0.3, -0.25) is 0 Å². The summed E-state index contributed by atoms with van der Waals surface area (Å²) in [6.07, 6.45) is 0.407. The van der Waals surface area contributed by atoms with Gasteiger partial charge in [0.1, 0.15) is 11.6 Å². The number of sulfonamides is 1. The van der Waals surface area contributed by atoms with E-state index in [1.54, 1.807) is 19.1 Å². The SMILES string of the molecule is Cc1c(Cl)cccc1S(=O)(=O)N1CCSC(c2cc(F)ccc2F)CC1. The molecule has 0 amide bonds. The van der Waals surface area contributed by atoms with Crippen LogP contribution in [-0.4, -0.2) is 31.6 Å². The van der Waals surface area contributed by atoms with Gasteiger partial charge in [-0.1, -0.05) is 17.7 Å². The quantitative estimate of drug-likeness (QED) is 0.720. The van der Waals surface area contributed by atoms with Crippen LogP contribution in [-0.2, 0) is 10.0 Å². The van der Waals surface area contributed by atoms with E-state index < -0.39 is 21.7 Å². The fourth-order valence-corrected chi connectivity index (χ4v) is 6.30. The molecule has 1 aliphatic heterocycles. The summed E-state index contributed by atoms with van der Waals surface area (Å²) in [5, 5.41) is 0.112. The molecule has 0 saturated carbocycles. The molecule has 1 saturated heterocycles. The molecule has 8 heteroatoms. The van der Waals surface area contributed by atoms with E-state index in [-0.39, 0.29) is 22.3 Å². The lowest BCUT2D eigenvalue weighted by atomic mass is 10.1. The van der Waals surface area contributed by atoms with Crippen LogP contribution in [0.3, 0.4) is 0 Å². The van der Waals surface area contributed by atoms with E-state index >= 15 is 0 Å². The van der Waals surface area contributed by atoms with Gasteiger partial charge >= 0.3 is 0 Å². The van der Waals surface area contributed by atoms with E-state index in [4.69, 9.17) is 11.6 Å². The van der Waals surface area contributed by atoms with Crippen LogP contribution < -0.4 is 0 Å². The molecule has 2 aromatic rings. The van der Waals surface area contributed by atoms with Crippen LogP contribution in [0.25, 0.3) is 0 Å². The Bertz CT molecular complexity index is 921. The Morgan fingerprint density at radius 3 is 2.73 bits per heavy atom. The van der Waals surface area contributed by atoms with E-state index in [1.165, 1.54) is 28.2 Å². The van der Waals surface area contributed by atoms with Gasteiger partial charge in [0, 0.05) is 34.7 Å². The van der Waals surface area contributed by atoms with Gasteiger partial charge in [-0.2, -0.15) is 16.1 Å². The van der Waals surface area contributed by atoms with E-state index in [9.17, 15) is 17.2 Å². The molecule has 2 aromatic carbocycles. The minimum atomic E-state index is -3.69. The van der Waals surface area contributed by atoms with Crippen LogP contribution in [0.15, 0.2) is 41.3 Å². The molecule has 0 aromatic heterocycles. The van der Waals surface area contributed by atoms with Crippen LogP contribution in [0.1, 0.15) is 22.8 Å². The van der Waals surface area contributed by atoms with Crippen molar-refractivity contribution in [2.45, 2.75) is 23.5 Å². The lowest BCUT2D eigenvalue weighted by molar-refractivity contribution is 0.426. The van der Waals surface area contributed by atoms with Crippen LogP contribution in [0, 0.1) is 18.6 Å². The summed E-state index contributed by atoms with van der Waals surface area (Å²) in [5.74, 6) is -0.462. The van der Waals surface area contributed by atoms with Crippen molar-refractivity contribution in [1.29, 1.82) is 0 Å². The molecule has 0 spiro atoms. The average Bonchev–Trinajstić information content (AvgIpc) is 2.86. The maximum atomic E-state index is 14.1. The number of benzene rings is 2. The van der Waals surface area contributed by atoms with Crippen molar-refractivity contribution < 1.29 is 17.2 Å². The Labute approximate surface area is 161 Å². The zero-order valence-corrected chi connectivity index (χ0v) is 16.5. The standard InChI is InChI=1S/C18H18ClF2NO2S2/c1-12-15(19)3-2-4-18(12)26(23,24)22-8-7-17(25-10-9-22)14-11-13(20)5-6-16(14)21/h2-6,11,17H,7-10H2,1H3. The molecule has 3 rings (SSSR count). The second-order valence-corrected chi connectivity index (χ2v) is 9.71. The highest BCUT2D eigenvalue weighted by atomic mass is 35.5. The largest absolute Gasteiger partial charge is 0.243 e. The summed E-state index contributed by atoms with van der Waals surface area (Å²) >= 11 is 7.51. The smallest absolute Gasteiger partial charge is 0.207 e. The predicted octanol–water partition coefficient (Wildman–Crippen LogP) is 4.80. The highest BCUT2D eigenvalue weighted by molar-refractivity contribution is 7.99. The summed E-state index contributed by atoms with van der Waals surface area (Å²) in [6.45, 7) is 2.22. The zero-order chi connectivity index (χ0) is 18.9. The van der Waals surface area contributed by atoms with Gasteiger partial charge in [-0.05, 0) is 49.2 Å². The molecule has 140 valence electrons. The fraction of sp³-hybridized carbons (Fsp3) is 0.333. The fourth-order valence-electron chi connectivity index (χ4n) is 3.01. The number of hydrogen-bond acceptors (Lipinski definition) is 3. The predicted molar refractivity (Wildman–Crippen MR) is 101 cm³/mol. The highest BCUT2D eigenvalue weighted by Crippen LogP contribution is 2.37. The van der Waals surface area contributed by atoms with Crippen LogP contribution in [0.5, 0.6) is 0 Å². The van der Waals surface area contributed by atoms with Crippen molar-refractivity contribution in [3.8, 4) is 0 Å². The number of hydrogen-bond donors (Lipinski definition) is 0. The number of thioether (sulfide) groups is 1. The van der Waals surface area contributed by atoms with Gasteiger partial charge < -0.3 is 0 Å². The van der Waals surface area contributed by atoms with E-state index in [0.29, 0.717) is 29.3 Å². The Kier molecular flexibility index (Phi) is 5.91. The van der Waals surface area contributed by atoms with Crippen molar-refractivity contribution in [1.82, 2.24) is 4.31 Å². The lowest BCUT2D eigenvalue weighted by Crippen LogP contribution is -2.33. The number of rotatable bonds is 3. The van der Waals surface area contributed by atoms with Crippen LogP contribution in [0.2, 0.25) is 5.02 Å². The van der Waals surface area contributed by atoms with Gasteiger partial charge in [-0.25, -0.2) is 17.2 Å². The van der Waals surface area contributed by atoms with Gasteiger partial charge in [0.2, 0.25) is 10.0 Å². The summed E-state index contributed by atoms with van der Waals surface area (Å²) in [6, 6.07) is 8.19. The Morgan fingerprint density at radius 2 is 1.96 bits per heavy atom. The molecule has 1 aliphatic rings. The van der Waals surface area contributed by atoms with Crippen molar-refractivity contribution in [3.05, 3.63) is 64.2 Å². The van der Waals surface area contributed by atoms with E-state index in [1.807, 2.05) is 0 Å². The van der Waals surface area contributed by atoms with Crippen molar-refractivity contribution in [2.75, 3.05) is 18.8 Å². The summed E-state index contributed by atoms with van der Waals surface area (Å²) in [5.41, 5.74) is 0.798. The number of nitrogens with zero attached hydrogens (tertiary/aromatic N) is 1. The minimum absolute atomic E-state index is 0.186. The van der Waals surface area contributed by atoms with Crippen molar-refractivity contribution in [3.63, 3.8) is 0 Å². The maximum Gasteiger partial charge on any atom is 0.243 e. The molecule has 1 heterocycles. The minimum Gasteiger partial charge on any atom is -0.207 e. The highest BCUT2D eigenvalue weighted by Gasteiger charge is 2.30. The van der Waals surface area contributed by atoms with Crippen LogP contribution in [0.4, 0.5) is 8.78 Å². The third-order valence-corrected chi connectivity index (χ3v) is 8.20. The van der Waals surface area contributed by atoms with Gasteiger partial charge in [0.25, 0.3) is 0 Å². The summed E-state index contributed by atoms with van der Waals surface area (Å²) < 4.78 is 54.9. The molecule has 0 bridgehead atoms. The van der Waals surface area contributed by atoms with Gasteiger partial charge in [-0.15, -0.1) is 0 Å². The number of halogens is 3. The first-order chi connectivity index (χ1) is 12.3. The molecule has 0 N–H and O–H groups in total. The topological polar surface area (TPSA) is 37.4 Å². The normalized spacial score (nSPS) is 19.3. The van der Waals surface area contributed by atoms with Crippen molar-refractivity contribution in [2.24, 2.45) is 0 Å². The van der Waals surface area contributed by atoms with Crippen molar-refractivity contribution >= 4 is 33.4 Å². The zero-order valence-electron chi connectivity index (χ0n) is 14.1. The molecule has 1 unspecified atom stereocenters. The molecule has 3 nitrogen and oxygen atoms in total. The van der Waals surface area contributed by atoms with Gasteiger partial charge in [0.05, 0.1) is 4.90 Å². The monoisotopic (exact) mass is 417 g/mol. The summed E-state index contributed by atoms with van der Waals surface area (Å²) in [7, 11) is -3.69. The Balaban J connectivity index is 1.84. The molecule has 0 radical (unpaired) electrons. The molecule has 26 heavy (non-hydrogen) atoms.